The summed E-state index contributed by atoms with van der Waals surface area (Å²) in [6.07, 6.45) is 6.89. The Morgan fingerprint density at radius 3 is 2.68 bits per heavy atom. The van der Waals surface area contributed by atoms with E-state index in [0.717, 1.165) is 38.9 Å². The molecule has 0 aromatic rings. The van der Waals surface area contributed by atoms with Gasteiger partial charge in [-0.25, -0.2) is 12.7 Å². The molecule has 1 fully saturated rings. The van der Waals surface area contributed by atoms with Gasteiger partial charge in [-0.1, -0.05) is 6.42 Å². The third-order valence-electron chi connectivity index (χ3n) is 3.76. The van der Waals surface area contributed by atoms with E-state index in [0.29, 0.717) is 19.0 Å². The molecule has 1 rings (SSSR count). The molecule has 0 spiro atoms. The first kappa shape index (κ1) is 16.9. The van der Waals surface area contributed by atoms with Crippen molar-refractivity contribution in [2.45, 2.75) is 32.1 Å². The molecular formula is C13H29N3O2S. The summed E-state index contributed by atoms with van der Waals surface area (Å²) in [5, 5.41) is 0. The summed E-state index contributed by atoms with van der Waals surface area (Å²) in [6.45, 7) is 4.22. The number of nitrogens with zero attached hydrogens (tertiary/aromatic N) is 2. The third-order valence-corrected chi connectivity index (χ3v) is 5.03. The maximum atomic E-state index is 11.6. The number of sulfonamides is 1. The lowest BCUT2D eigenvalue weighted by molar-refractivity contribution is 0.199. The van der Waals surface area contributed by atoms with Crippen LogP contribution in [-0.2, 0) is 10.0 Å². The second-order valence-electron chi connectivity index (χ2n) is 5.74. The van der Waals surface area contributed by atoms with Crippen LogP contribution in [0, 0.1) is 5.92 Å². The van der Waals surface area contributed by atoms with E-state index < -0.39 is 10.0 Å². The first-order chi connectivity index (χ1) is 8.93. The minimum absolute atomic E-state index is 0.475. The molecule has 6 heteroatoms. The number of hydrogen-bond donors (Lipinski definition) is 1. The van der Waals surface area contributed by atoms with Crippen molar-refractivity contribution in [3.63, 3.8) is 0 Å². The SMILES string of the molecule is CN(CCCCCN)CC1CCCN(S(C)(=O)=O)C1. The van der Waals surface area contributed by atoms with Gasteiger partial charge in [0.2, 0.25) is 10.0 Å². The highest BCUT2D eigenvalue weighted by Crippen LogP contribution is 2.19. The highest BCUT2D eigenvalue weighted by Gasteiger charge is 2.26. The molecule has 0 bridgehead atoms. The fourth-order valence-corrected chi connectivity index (χ4v) is 3.65. The largest absolute Gasteiger partial charge is 0.330 e. The topological polar surface area (TPSA) is 66.6 Å². The highest BCUT2D eigenvalue weighted by molar-refractivity contribution is 7.88. The van der Waals surface area contributed by atoms with Crippen molar-refractivity contribution < 1.29 is 8.42 Å². The summed E-state index contributed by atoms with van der Waals surface area (Å²) >= 11 is 0. The van der Waals surface area contributed by atoms with Crippen LogP contribution in [0.1, 0.15) is 32.1 Å². The van der Waals surface area contributed by atoms with E-state index in [4.69, 9.17) is 5.73 Å². The summed E-state index contributed by atoms with van der Waals surface area (Å²) in [4.78, 5) is 2.33. The first-order valence-corrected chi connectivity index (χ1v) is 9.12. The van der Waals surface area contributed by atoms with Crippen LogP contribution in [0.4, 0.5) is 0 Å². The molecular weight excluding hydrogens is 262 g/mol. The molecule has 1 unspecified atom stereocenters. The molecule has 0 radical (unpaired) electrons. The van der Waals surface area contributed by atoms with E-state index in [9.17, 15) is 8.42 Å². The highest BCUT2D eigenvalue weighted by atomic mass is 32.2. The van der Waals surface area contributed by atoms with Gasteiger partial charge in [-0.3, -0.25) is 0 Å². The molecule has 114 valence electrons. The van der Waals surface area contributed by atoms with E-state index in [1.807, 2.05) is 0 Å². The second kappa shape index (κ2) is 8.19. The molecule has 2 N–H and O–H groups in total. The van der Waals surface area contributed by atoms with Crippen LogP contribution in [-0.4, -0.2) is 63.7 Å². The summed E-state index contributed by atoms with van der Waals surface area (Å²) in [5.74, 6) is 0.475. The minimum atomic E-state index is -3.02. The van der Waals surface area contributed by atoms with Gasteiger partial charge >= 0.3 is 0 Å². The molecule has 1 heterocycles. The summed E-state index contributed by atoms with van der Waals surface area (Å²) in [7, 11) is -0.891. The molecule has 19 heavy (non-hydrogen) atoms. The van der Waals surface area contributed by atoms with Crippen molar-refractivity contribution in [1.82, 2.24) is 9.21 Å². The van der Waals surface area contributed by atoms with Crippen LogP contribution in [0.5, 0.6) is 0 Å². The van der Waals surface area contributed by atoms with Gasteiger partial charge in [-0.05, 0) is 51.7 Å². The van der Waals surface area contributed by atoms with E-state index >= 15 is 0 Å². The van der Waals surface area contributed by atoms with Crippen molar-refractivity contribution in [3.8, 4) is 0 Å². The lowest BCUT2D eigenvalue weighted by Gasteiger charge is -2.33. The number of nitrogens with two attached hydrogens (primary N) is 1. The maximum absolute atomic E-state index is 11.6. The number of rotatable bonds is 8. The summed E-state index contributed by atoms with van der Waals surface area (Å²) < 4.78 is 24.8. The molecule has 0 aromatic carbocycles. The third kappa shape index (κ3) is 6.70. The lowest BCUT2D eigenvalue weighted by atomic mass is 9.99. The zero-order chi connectivity index (χ0) is 14.3. The number of piperidine rings is 1. The maximum Gasteiger partial charge on any atom is 0.211 e. The van der Waals surface area contributed by atoms with Crippen molar-refractivity contribution in [2.24, 2.45) is 11.7 Å². The van der Waals surface area contributed by atoms with Gasteiger partial charge < -0.3 is 10.6 Å². The lowest BCUT2D eigenvalue weighted by Crippen LogP contribution is -2.42. The zero-order valence-electron chi connectivity index (χ0n) is 12.3. The van der Waals surface area contributed by atoms with Crippen molar-refractivity contribution in [3.05, 3.63) is 0 Å². The van der Waals surface area contributed by atoms with Gasteiger partial charge in [0.15, 0.2) is 0 Å². The normalized spacial score (nSPS) is 22.0. The Kier molecular flexibility index (Phi) is 7.28. The molecule has 1 aliphatic rings. The van der Waals surface area contributed by atoms with Gasteiger partial charge in [0.1, 0.15) is 0 Å². The van der Waals surface area contributed by atoms with E-state index in [1.54, 1.807) is 4.31 Å². The molecule has 0 amide bonds. The number of unbranched alkanes of at least 4 members (excludes halogenated alkanes) is 2. The Labute approximate surface area is 118 Å². The van der Waals surface area contributed by atoms with Crippen LogP contribution >= 0.6 is 0 Å². The van der Waals surface area contributed by atoms with Crippen LogP contribution in [0.3, 0.4) is 0 Å². The molecule has 0 saturated carbocycles. The standard InChI is InChI=1S/C13H29N3O2S/c1-15(9-5-3-4-8-14)11-13-7-6-10-16(12-13)19(2,17)18/h13H,3-12,14H2,1-2H3. The Balaban J connectivity index is 2.28. The van der Waals surface area contributed by atoms with Gasteiger partial charge in [-0.2, -0.15) is 0 Å². The Bertz CT molecular complexity index is 346. The van der Waals surface area contributed by atoms with Crippen molar-refractivity contribution >= 4 is 10.0 Å². The fraction of sp³-hybridized carbons (Fsp3) is 1.00. The second-order valence-corrected chi connectivity index (χ2v) is 7.72. The average Bonchev–Trinajstić information content (AvgIpc) is 2.34. The van der Waals surface area contributed by atoms with Gasteiger partial charge in [-0.15, -0.1) is 0 Å². The van der Waals surface area contributed by atoms with E-state index in [1.165, 1.54) is 19.1 Å². The van der Waals surface area contributed by atoms with Crippen LogP contribution in [0.25, 0.3) is 0 Å². The Morgan fingerprint density at radius 2 is 2.05 bits per heavy atom. The van der Waals surface area contributed by atoms with Crippen molar-refractivity contribution in [1.29, 1.82) is 0 Å². The van der Waals surface area contributed by atoms with Crippen molar-refractivity contribution in [2.75, 3.05) is 46.0 Å². The Hall–Kier alpha value is -0.170. The van der Waals surface area contributed by atoms with Gasteiger partial charge in [0.25, 0.3) is 0 Å². The average molecular weight is 291 g/mol. The minimum Gasteiger partial charge on any atom is -0.330 e. The van der Waals surface area contributed by atoms with Gasteiger partial charge in [0.05, 0.1) is 6.26 Å². The number of hydrogen-bond acceptors (Lipinski definition) is 4. The van der Waals surface area contributed by atoms with Crippen LogP contribution in [0.15, 0.2) is 0 Å². The Morgan fingerprint density at radius 1 is 1.32 bits per heavy atom. The van der Waals surface area contributed by atoms with Crippen LogP contribution in [0.2, 0.25) is 0 Å². The molecule has 5 nitrogen and oxygen atoms in total. The first-order valence-electron chi connectivity index (χ1n) is 7.27. The molecule has 0 aliphatic carbocycles. The van der Waals surface area contributed by atoms with E-state index in [2.05, 4.69) is 11.9 Å². The molecule has 0 aromatic heterocycles. The quantitative estimate of drug-likeness (QED) is 0.669. The molecule has 1 saturated heterocycles. The van der Waals surface area contributed by atoms with E-state index in [-0.39, 0.29) is 0 Å². The fourth-order valence-electron chi connectivity index (χ4n) is 2.71. The van der Waals surface area contributed by atoms with Crippen LogP contribution < -0.4 is 5.73 Å². The summed E-state index contributed by atoms with van der Waals surface area (Å²) in [6, 6.07) is 0. The summed E-state index contributed by atoms with van der Waals surface area (Å²) in [5.41, 5.74) is 5.47. The van der Waals surface area contributed by atoms with Gasteiger partial charge in [0, 0.05) is 19.6 Å². The predicted molar refractivity (Wildman–Crippen MR) is 79.5 cm³/mol. The smallest absolute Gasteiger partial charge is 0.211 e. The zero-order valence-corrected chi connectivity index (χ0v) is 13.2. The monoisotopic (exact) mass is 291 g/mol. The molecule has 1 atom stereocenters. The molecule has 1 aliphatic heterocycles. The predicted octanol–water partition coefficient (Wildman–Crippen LogP) is 0.719.